The van der Waals surface area contributed by atoms with Crippen molar-refractivity contribution in [2.24, 2.45) is 5.92 Å². The van der Waals surface area contributed by atoms with Crippen LogP contribution in [0.5, 0.6) is 0 Å². The molecule has 1 aliphatic heterocycles. The largest absolute Gasteiger partial charge is 0.468 e. The molecule has 3 rings (SSSR count). The van der Waals surface area contributed by atoms with Gasteiger partial charge in [0.2, 0.25) is 5.91 Å². The first-order chi connectivity index (χ1) is 11.1. The van der Waals surface area contributed by atoms with Gasteiger partial charge in [-0.05, 0) is 29.7 Å². The molecule has 0 fully saturated rings. The molecule has 1 atom stereocenters. The van der Waals surface area contributed by atoms with Gasteiger partial charge in [0.25, 0.3) is 0 Å². The zero-order valence-electron chi connectivity index (χ0n) is 13.8. The molecule has 2 heterocycles. The highest BCUT2D eigenvalue weighted by Crippen LogP contribution is 2.27. The number of carbonyl (C=O) groups is 1. The minimum atomic E-state index is -0.00525. The van der Waals surface area contributed by atoms with Crippen molar-refractivity contribution in [2.75, 3.05) is 13.1 Å². The Morgan fingerprint density at radius 3 is 2.70 bits per heavy atom. The molecule has 4 heteroatoms. The van der Waals surface area contributed by atoms with Gasteiger partial charge in [0, 0.05) is 25.6 Å². The molecule has 0 aliphatic carbocycles. The molecule has 0 saturated carbocycles. The van der Waals surface area contributed by atoms with Crippen LogP contribution in [0.4, 0.5) is 0 Å². The predicted octanol–water partition coefficient (Wildman–Crippen LogP) is 3.15. The van der Waals surface area contributed by atoms with Crippen LogP contribution in [-0.4, -0.2) is 23.9 Å². The molecule has 23 heavy (non-hydrogen) atoms. The van der Waals surface area contributed by atoms with Gasteiger partial charge in [-0.15, -0.1) is 0 Å². The molecule has 4 nitrogen and oxygen atoms in total. The summed E-state index contributed by atoms with van der Waals surface area (Å²) in [5.74, 6) is 0.988. The summed E-state index contributed by atoms with van der Waals surface area (Å²) in [7, 11) is 0. The lowest BCUT2D eigenvalue weighted by atomic mass is 9.98. The Morgan fingerprint density at radius 1 is 1.22 bits per heavy atom. The van der Waals surface area contributed by atoms with Gasteiger partial charge in [-0.3, -0.25) is 9.69 Å². The molecular formula is C19H24N2O2. The number of furan rings is 1. The Kier molecular flexibility index (Phi) is 4.82. The number of hydrogen-bond donors (Lipinski definition) is 1. The van der Waals surface area contributed by atoms with Crippen molar-refractivity contribution in [1.29, 1.82) is 0 Å². The molecule has 1 aromatic carbocycles. The normalized spacial score (nSPS) is 16.1. The van der Waals surface area contributed by atoms with Gasteiger partial charge in [-0.25, -0.2) is 0 Å². The third kappa shape index (κ3) is 3.64. The van der Waals surface area contributed by atoms with Crippen LogP contribution < -0.4 is 5.32 Å². The lowest BCUT2D eigenvalue weighted by molar-refractivity contribution is -0.124. The molecule has 2 aromatic rings. The maximum absolute atomic E-state index is 11.9. The summed E-state index contributed by atoms with van der Waals surface area (Å²) in [5, 5.41) is 3.05. The van der Waals surface area contributed by atoms with Gasteiger partial charge in [-0.1, -0.05) is 38.1 Å². The van der Waals surface area contributed by atoms with Crippen LogP contribution in [0.2, 0.25) is 0 Å². The Morgan fingerprint density at radius 2 is 2.00 bits per heavy atom. The fraction of sp³-hybridized carbons (Fsp3) is 0.421. The van der Waals surface area contributed by atoms with Gasteiger partial charge in [0.05, 0.1) is 12.3 Å². The second-order valence-corrected chi connectivity index (χ2v) is 6.42. The van der Waals surface area contributed by atoms with Crippen molar-refractivity contribution in [2.45, 2.75) is 32.9 Å². The maximum atomic E-state index is 11.9. The van der Waals surface area contributed by atoms with E-state index in [4.69, 9.17) is 4.42 Å². The van der Waals surface area contributed by atoms with Crippen molar-refractivity contribution < 1.29 is 9.21 Å². The standard InChI is InChI=1S/C19H24N2O2/c1-14(2)19(22)20-12-17(18-8-5-11-23-18)21-10-9-15-6-3-4-7-16(15)13-21/h3-8,11,14,17H,9-10,12-13H2,1-2H3,(H,20,22)/t17-/m0/s1. The lowest BCUT2D eigenvalue weighted by Gasteiger charge is -2.34. The van der Waals surface area contributed by atoms with Crippen LogP contribution in [0.1, 0.15) is 36.8 Å². The van der Waals surface area contributed by atoms with Gasteiger partial charge in [0.15, 0.2) is 0 Å². The molecule has 122 valence electrons. The summed E-state index contributed by atoms with van der Waals surface area (Å²) in [5.41, 5.74) is 2.79. The quantitative estimate of drug-likeness (QED) is 0.922. The first kappa shape index (κ1) is 15.8. The minimum Gasteiger partial charge on any atom is -0.468 e. The average Bonchev–Trinajstić information content (AvgIpc) is 3.09. The molecule has 0 radical (unpaired) electrons. The molecule has 0 unspecified atom stereocenters. The van der Waals surface area contributed by atoms with E-state index in [1.807, 2.05) is 26.0 Å². The molecule has 0 saturated heterocycles. The van der Waals surface area contributed by atoms with E-state index in [1.165, 1.54) is 11.1 Å². The summed E-state index contributed by atoms with van der Waals surface area (Å²) in [4.78, 5) is 14.3. The molecular weight excluding hydrogens is 288 g/mol. The molecule has 0 spiro atoms. The SMILES string of the molecule is CC(C)C(=O)NC[C@@H](c1ccco1)N1CCc2ccccc2C1. The molecule has 1 aliphatic rings. The molecule has 1 aromatic heterocycles. The number of nitrogens with one attached hydrogen (secondary N) is 1. The third-order valence-electron chi connectivity index (χ3n) is 4.47. The van der Waals surface area contributed by atoms with Crippen LogP contribution >= 0.6 is 0 Å². The van der Waals surface area contributed by atoms with Crippen molar-refractivity contribution >= 4 is 5.91 Å². The number of amides is 1. The van der Waals surface area contributed by atoms with E-state index in [1.54, 1.807) is 6.26 Å². The zero-order valence-corrected chi connectivity index (χ0v) is 13.8. The van der Waals surface area contributed by atoms with Crippen LogP contribution in [0, 0.1) is 5.92 Å². The van der Waals surface area contributed by atoms with Gasteiger partial charge in [-0.2, -0.15) is 0 Å². The van der Waals surface area contributed by atoms with E-state index in [0.717, 1.165) is 25.3 Å². The summed E-state index contributed by atoms with van der Waals surface area (Å²) >= 11 is 0. The van der Waals surface area contributed by atoms with Crippen molar-refractivity contribution in [1.82, 2.24) is 10.2 Å². The second kappa shape index (κ2) is 7.01. The second-order valence-electron chi connectivity index (χ2n) is 6.42. The monoisotopic (exact) mass is 312 g/mol. The number of benzene rings is 1. The van der Waals surface area contributed by atoms with Gasteiger partial charge >= 0.3 is 0 Å². The number of nitrogens with zero attached hydrogens (tertiary/aromatic N) is 1. The topological polar surface area (TPSA) is 45.5 Å². The molecule has 1 amide bonds. The van der Waals surface area contributed by atoms with Crippen LogP contribution in [0.25, 0.3) is 0 Å². The molecule has 0 bridgehead atoms. The number of rotatable bonds is 5. The lowest BCUT2D eigenvalue weighted by Crippen LogP contribution is -2.41. The third-order valence-corrected chi connectivity index (χ3v) is 4.47. The smallest absolute Gasteiger partial charge is 0.222 e. The number of hydrogen-bond acceptors (Lipinski definition) is 3. The first-order valence-electron chi connectivity index (χ1n) is 8.27. The Bertz CT molecular complexity index is 649. The van der Waals surface area contributed by atoms with E-state index in [9.17, 15) is 4.79 Å². The fourth-order valence-electron chi connectivity index (χ4n) is 3.08. The zero-order chi connectivity index (χ0) is 16.2. The highest BCUT2D eigenvalue weighted by molar-refractivity contribution is 5.77. The van der Waals surface area contributed by atoms with E-state index in [2.05, 4.69) is 34.5 Å². The highest BCUT2D eigenvalue weighted by Gasteiger charge is 2.27. The average molecular weight is 312 g/mol. The number of carbonyl (C=O) groups excluding carboxylic acids is 1. The fourth-order valence-corrected chi connectivity index (χ4v) is 3.08. The van der Waals surface area contributed by atoms with E-state index in [-0.39, 0.29) is 17.9 Å². The van der Waals surface area contributed by atoms with Crippen LogP contribution in [0.15, 0.2) is 47.1 Å². The number of fused-ring (bicyclic) bond motifs is 1. The van der Waals surface area contributed by atoms with Crippen molar-refractivity contribution in [3.63, 3.8) is 0 Å². The summed E-state index contributed by atoms with van der Waals surface area (Å²) in [6, 6.07) is 12.5. The van der Waals surface area contributed by atoms with E-state index >= 15 is 0 Å². The summed E-state index contributed by atoms with van der Waals surface area (Å²) in [6.45, 7) is 6.26. The first-order valence-corrected chi connectivity index (χ1v) is 8.27. The Labute approximate surface area is 137 Å². The predicted molar refractivity (Wildman–Crippen MR) is 89.9 cm³/mol. The van der Waals surface area contributed by atoms with E-state index in [0.29, 0.717) is 6.54 Å². The van der Waals surface area contributed by atoms with Crippen LogP contribution in [0.3, 0.4) is 0 Å². The molecule has 1 N–H and O–H groups in total. The van der Waals surface area contributed by atoms with Crippen LogP contribution in [-0.2, 0) is 17.8 Å². The van der Waals surface area contributed by atoms with Gasteiger partial charge in [0.1, 0.15) is 5.76 Å². The minimum absolute atomic E-state index is 0.00525. The summed E-state index contributed by atoms with van der Waals surface area (Å²) < 4.78 is 5.64. The van der Waals surface area contributed by atoms with Gasteiger partial charge < -0.3 is 9.73 Å². The highest BCUT2D eigenvalue weighted by atomic mass is 16.3. The maximum Gasteiger partial charge on any atom is 0.222 e. The van der Waals surface area contributed by atoms with Crippen molar-refractivity contribution in [3.05, 3.63) is 59.5 Å². The Hall–Kier alpha value is -2.07. The van der Waals surface area contributed by atoms with E-state index < -0.39 is 0 Å². The Balaban J connectivity index is 1.75. The van der Waals surface area contributed by atoms with Crippen molar-refractivity contribution in [3.8, 4) is 0 Å². The summed E-state index contributed by atoms with van der Waals surface area (Å²) in [6.07, 6.45) is 2.73.